The first-order valence-electron chi connectivity index (χ1n) is 10.6. The second-order valence-corrected chi connectivity index (χ2v) is 9.70. The molecular formula is C26H23NO6S. The Kier molecular flexibility index (Phi) is 6.90. The first kappa shape index (κ1) is 23.4. The fourth-order valence-corrected chi connectivity index (χ4v) is 4.79. The van der Waals surface area contributed by atoms with Gasteiger partial charge in [0.05, 0.1) is 16.0 Å². The molecule has 0 unspecified atom stereocenters. The van der Waals surface area contributed by atoms with E-state index in [4.69, 9.17) is 9.47 Å². The Bertz CT molecular complexity index is 1250. The van der Waals surface area contributed by atoms with Gasteiger partial charge in [-0.15, -0.1) is 0 Å². The van der Waals surface area contributed by atoms with Gasteiger partial charge in [0, 0.05) is 18.7 Å². The fourth-order valence-electron chi connectivity index (χ4n) is 3.42. The van der Waals surface area contributed by atoms with Gasteiger partial charge in [-0.05, 0) is 43.3 Å². The maximum absolute atomic E-state index is 13.1. The van der Waals surface area contributed by atoms with Crippen molar-refractivity contribution in [3.05, 3.63) is 113 Å². The zero-order valence-electron chi connectivity index (χ0n) is 18.5. The molecule has 0 amide bonds. The molecule has 3 aromatic rings. The minimum absolute atomic E-state index is 0.0633. The smallest absolute Gasteiger partial charge is 0.341 e. The largest absolute Gasteiger partial charge is 0.417 e. The van der Waals surface area contributed by atoms with Crippen LogP contribution in [-0.2, 0) is 19.5 Å². The number of hydrogen-bond donors (Lipinski definition) is 0. The standard InChI is InChI=1S/C26H23NO6S/c1-19-12-14-23(15-13-19)34(30,31)27-17-16-22(18-27)26(32-24(28)20-8-4-2-5-9-20)33-25(29)21-10-6-3-7-11-21/h2-16,26H,17-18H2,1H3. The van der Waals surface area contributed by atoms with Crippen molar-refractivity contribution in [3.63, 3.8) is 0 Å². The molecule has 34 heavy (non-hydrogen) atoms. The molecule has 1 aliphatic heterocycles. The average molecular weight is 478 g/mol. The minimum atomic E-state index is -3.78. The molecule has 0 aromatic heterocycles. The van der Waals surface area contributed by atoms with Crippen molar-refractivity contribution in [2.24, 2.45) is 0 Å². The number of ether oxygens (including phenoxy) is 2. The molecule has 0 atom stereocenters. The van der Waals surface area contributed by atoms with E-state index < -0.39 is 28.3 Å². The number of rotatable bonds is 7. The van der Waals surface area contributed by atoms with Crippen LogP contribution in [0.3, 0.4) is 0 Å². The van der Waals surface area contributed by atoms with E-state index in [0.29, 0.717) is 5.57 Å². The van der Waals surface area contributed by atoms with Crippen molar-refractivity contribution >= 4 is 22.0 Å². The minimum Gasteiger partial charge on any atom is -0.417 e. The van der Waals surface area contributed by atoms with Crippen molar-refractivity contribution in [1.29, 1.82) is 0 Å². The summed E-state index contributed by atoms with van der Waals surface area (Å²) in [4.78, 5) is 25.5. The number of aryl methyl sites for hydroxylation is 1. The number of carbonyl (C=O) groups is 2. The lowest BCUT2D eigenvalue weighted by Gasteiger charge is -2.21. The third kappa shape index (κ3) is 5.24. The number of hydrogen-bond acceptors (Lipinski definition) is 6. The number of sulfonamides is 1. The van der Waals surface area contributed by atoms with Gasteiger partial charge in [0.1, 0.15) is 0 Å². The van der Waals surface area contributed by atoms with Crippen LogP contribution < -0.4 is 0 Å². The van der Waals surface area contributed by atoms with Crippen LogP contribution in [0, 0.1) is 6.92 Å². The molecule has 3 aromatic carbocycles. The summed E-state index contributed by atoms with van der Waals surface area (Å²) in [5.41, 5.74) is 1.88. The predicted molar refractivity (Wildman–Crippen MR) is 126 cm³/mol. The van der Waals surface area contributed by atoms with Crippen LogP contribution in [-0.4, -0.2) is 44.0 Å². The van der Waals surface area contributed by atoms with Crippen molar-refractivity contribution in [1.82, 2.24) is 4.31 Å². The van der Waals surface area contributed by atoms with Crippen LogP contribution in [0.2, 0.25) is 0 Å². The molecular weight excluding hydrogens is 454 g/mol. The van der Waals surface area contributed by atoms with Crippen molar-refractivity contribution in [2.45, 2.75) is 18.1 Å². The first-order valence-corrected chi connectivity index (χ1v) is 12.1. The van der Waals surface area contributed by atoms with Crippen LogP contribution in [0.1, 0.15) is 26.3 Å². The fraction of sp³-hybridized carbons (Fsp3) is 0.154. The van der Waals surface area contributed by atoms with Gasteiger partial charge in [-0.2, -0.15) is 4.31 Å². The van der Waals surface area contributed by atoms with E-state index in [2.05, 4.69) is 0 Å². The molecule has 0 spiro atoms. The van der Waals surface area contributed by atoms with Crippen molar-refractivity contribution < 1.29 is 27.5 Å². The monoisotopic (exact) mass is 477 g/mol. The molecule has 1 heterocycles. The highest BCUT2D eigenvalue weighted by Gasteiger charge is 2.34. The quantitative estimate of drug-likeness (QED) is 0.291. The maximum atomic E-state index is 13.1. The second-order valence-electron chi connectivity index (χ2n) is 7.76. The third-order valence-electron chi connectivity index (χ3n) is 5.32. The lowest BCUT2D eigenvalue weighted by atomic mass is 10.2. The lowest BCUT2D eigenvalue weighted by Crippen LogP contribution is -2.33. The number of carbonyl (C=O) groups excluding carboxylic acids is 2. The predicted octanol–water partition coefficient (Wildman–Crippen LogP) is 3.97. The number of nitrogens with zero attached hydrogens (tertiary/aromatic N) is 1. The van der Waals surface area contributed by atoms with Crippen molar-refractivity contribution in [3.8, 4) is 0 Å². The topological polar surface area (TPSA) is 90.0 Å². The highest BCUT2D eigenvalue weighted by molar-refractivity contribution is 7.89. The van der Waals surface area contributed by atoms with Gasteiger partial charge in [0.15, 0.2) is 0 Å². The van der Waals surface area contributed by atoms with E-state index >= 15 is 0 Å². The highest BCUT2D eigenvalue weighted by Crippen LogP contribution is 2.25. The summed E-state index contributed by atoms with van der Waals surface area (Å²) in [5.74, 6) is -1.38. The molecule has 4 rings (SSSR count). The van der Waals surface area contributed by atoms with E-state index in [9.17, 15) is 18.0 Å². The Hall–Kier alpha value is -3.75. The zero-order valence-corrected chi connectivity index (χ0v) is 19.3. The summed E-state index contributed by atoms with van der Waals surface area (Å²) in [6, 6.07) is 23.1. The SMILES string of the molecule is Cc1ccc(S(=O)(=O)N2CC=C(C(OC(=O)c3ccccc3)OC(=O)c3ccccc3)C2)cc1. The Balaban J connectivity index is 1.55. The van der Waals surface area contributed by atoms with Gasteiger partial charge < -0.3 is 9.47 Å². The Morgan fingerprint density at radius 3 is 1.79 bits per heavy atom. The Labute approximate surface area is 198 Å². The molecule has 0 fully saturated rings. The number of benzene rings is 3. The summed E-state index contributed by atoms with van der Waals surface area (Å²) in [6.07, 6.45) is 0.228. The van der Waals surface area contributed by atoms with Gasteiger partial charge in [0.2, 0.25) is 10.0 Å². The van der Waals surface area contributed by atoms with Crippen molar-refractivity contribution in [2.75, 3.05) is 13.1 Å². The van der Waals surface area contributed by atoms with Crippen LogP contribution in [0.4, 0.5) is 0 Å². The normalized spacial score (nSPS) is 14.0. The molecule has 0 bridgehead atoms. The Morgan fingerprint density at radius 2 is 1.29 bits per heavy atom. The van der Waals surface area contributed by atoms with E-state index in [0.717, 1.165) is 5.56 Å². The first-order chi connectivity index (χ1) is 16.3. The zero-order chi connectivity index (χ0) is 24.1. The lowest BCUT2D eigenvalue weighted by molar-refractivity contribution is -0.0607. The summed E-state index contributed by atoms with van der Waals surface area (Å²) in [7, 11) is -3.78. The van der Waals surface area contributed by atoms with E-state index in [1.165, 1.54) is 4.31 Å². The molecule has 0 radical (unpaired) electrons. The molecule has 1 aliphatic rings. The van der Waals surface area contributed by atoms with E-state index in [1.54, 1.807) is 91.0 Å². The molecule has 0 N–H and O–H groups in total. The summed E-state index contributed by atoms with van der Waals surface area (Å²) < 4.78 is 38.4. The van der Waals surface area contributed by atoms with Gasteiger partial charge in [-0.3, -0.25) is 0 Å². The van der Waals surface area contributed by atoms with Gasteiger partial charge in [0.25, 0.3) is 6.29 Å². The molecule has 7 nitrogen and oxygen atoms in total. The average Bonchev–Trinajstić information content (AvgIpc) is 3.36. The van der Waals surface area contributed by atoms with Gasteiger partial charge in [-0.25, -0.2) is 18.0 Å². The second kappa shape index (κ2) is 10.0. The van der Waals surface area contributed by atoms with Crippen LogP contribution in [0.15, 0.2) is 101 Å². The van der Waals surface area contributed by atoms with Crippen LogP contribution in [0.5, 0.6) is 0 Å². The Morgan fingerprint density at radius 1 is 0.794 bits per heavy atom. The van der Waals surface area contributed by atoms with Crippen LogP contribution in [0.25, 0.3) is 0 Å². The van der Waals surface area contributed by atoms with Gasteiger partial charge in [-0.1, -0.05) is 60.2 Å². The molecule has 0 saturated carbocycles. The van der Waals surface area contributed by atoms with Crippen LogP contribution >= 0.6 is 0 Å². The highest BCUT2D eigenvalue weighted by atomic mass is 32.2. The molecule has 0 saturated heterocycles. The molecule has 0 aliphatic carbocycles. The molecule has 174 valence electrons. The summed E-state index contributed by atoms with van der Waals surface area (Å²) >= 11 is 0. The van der Waals surface area contributed by atoms with E-state index in [1.807, 2.05) is 6.92 Å². The number of esters is 2. The third-order valence-corrected chi connectivity index (χ3v) is 7.15. The van der Waals surface area contributed by atoms with E-state index in [-0.39, 0.29) is 29.1 Å². The summed E-state index contributed by atoms with van der Waals surface area (Å²) in [5, 5.41) is 0. The van der Waals surface area contributed by atoms with Gasteiger partial charge >= 0.3 is 11.9 Å². The maximum Gasteiger partial charge on any atom is 0.341 e. The summed E-state index contributed by atoms with van der Waals surface area (Å²) in [6.45, 7) is 1.86. The molecule has 8 heteroatoms.